The molecule has 2 aromatic rings. The zero-order chi connectivity index (χ0) is 15.1. The first-order valence-corrected chi connectivity index (χ1v) is 6.89. The Morgan fingerprint density at radius 1 is 1.43 bits per heavy atom. The molecule has 1 aromatic heterocycles. The van der Waals surface area contributed by atoms with E-state index in [4.69, 9.17) is 4.74 Å². The van der Waals surface area contributed by atoms with Crippen LogP contribution in [-0.2, 0) is 11.2 Å². The number of aromatic amines is 1. The summed E-state index contributed by atoms with van der Waals surface area (Å²) in [5.74, 6) is 1.12. The summed E-state index contributed by atoms with van der Waals surface area (Å²) in [5.41, 5.74) is 0.848. The smallest absolute Gasteiger partial charge is 0.225 e. The molecule has 0 fully saturated rings. The van der Waals surface area contributed by atoms with E-state index in [0.29, 0.717) is 11.6 Å². The van der Waals surface area contributed by atoms with Gasteiger partial charge < -0.3 is 10.1 Å². The molecule has 0 bridgehead atoms. The first kappa shape index (κ1) is 15.0. The van der Waals surface area contributed by atoms with E-state index in [1.807, 2.05) is 31.2 Å². The highest BCUT2D eigenvalue weighted by molar-refractivity contribution is 5.79. The van der Waals surface area contributed by atoms with E-state index in [1.165, 1.54) is 0 Å². The van der Waals surface area contributed by atoms with Gasteiger partial charge in [0.15, 0.2) is 5.82 Å². The van der Waals surface area contributed by atoms with Crippen molar-refractivity contribution in [3.63, 3.8) is 0 Å². The molecule has 2 N–H and O–H groups in total. The standard InChI is InChI=1S/C14H19N5O2/c1-3-6-11(14-16-18-19-17-14)15-13(20)9-10-7-4-5-8-12(10)21-2/h4-5,7-8,11H,3,6,9H2,1-2H3,(H,15,20)(H,16,17,18,19). The lowest BCUT2D eigenvalue weighted by molar-refractivity contribution is -0.121. The summed E-state index contributed by atoms with van der Waals surface area (Å²) in [6.45, 7) is 2.04. The number of tetrazole rings is 1. The van der Waals surface area contributed by atoms with Crippen molar-refractivity contribution in [2.24, 2.45) is 0 Å². The van der Waals surface area contributed by atoms with E-state index in [2.05, 4.69) is 25.9 Å². The molecule has 2 rings (SSSR count). The maximum atomic E-state index is 12.2. The molecule has 1 atom stereocenters. The van der Waals surface area contributed by atoms with E-state index >= 15 is 0 Å². The van der Waals surface area contributed by atoms with Gasteiger partial charge in [-0.15, -0.1) is 10.2 Å². The van der Waals surface area contributed by atoms with Gasteiger partial charge in [0, 0.05) is 5.56 Å². The monoisotopic (exact) mass is 289 g/mol. The van der Waals surface area contributed by atoms with Gasteiger partial charge in [0.25, 0.3) is 0 Å². The highest BCUT2D eigenvalue weighted by Gasteiger charge is 2.18. The van der Waals surface area contributed by atoms with Gasteiger partial charge in [-0.05, 0) is 12.5 Å². The van der Waals surface area contributed by atoms with Crippen LogP contribution >= 0.6 is 0 Å². The minimum Gasteiger partial charge on any atom is -0.496 e. The molecule has 112 valence electrons. The number of ether oxygens (including phenoxy) is 1. The quantitative estimate of drug-likeness (QED) is 0.804. The van der Waals surface area contributed by atoms with Crippen molar-refractivity contribution in [1.82, 2.24) is 25.9 Å². The first-order chi connectivity index (χ1) is 10.2. The molecular formula is C14H19N5O2. The summed E-state index contributed by atoms with van der Waals surface area (Å²) in [7, 11) is 1.59. The maximum absolute atomic E-state index is 12.2. The van der Waals surface area contributed by atoms with Crippen LogP contribution in [0, 0.1) is 0 Å². The van der Waals surface area contributed by atoms with Crippen molar-refractivity contribution in [1.29, 1.82) is 0 Å². The molecule has 0 aliphatic rings. The lowest BCUT2D eigenvalue weighted by Crippen LogP contribution is -2.30. The Morgan fingerprint density at radius 2 is 2.24 bits per heavy atom. The van der Waals surface area contributed by atoms with Crippen LogP contribution in [0.5, 0.6) is 5.75 Å². The van der Waals surface area contributed by atoms with E-state index in [1.54, 1.807) is 7.11 Å². The number of para-hydroxylation sites is 1. The molecule has 0 aliphatic carbocycles. The second-order valence-electron chi connectivity index (χ2n) is 4.67. The number of carbonyl (C=O) groups excluding carboxylic acids is 1. The van der Waals surface area contributed by atoms with Gasteiger partial charge in [-0.3, -0.25) is 4.79 Å². The second-order valence-corrected chi connectivity index (χ2v) is 4.67. The highest BCUT2D eigenvalue weighted by atomic mass is 16.5. The van der Waals surface area contributed by atoms with Crippen molar-refractivity contribution < 1.29 is 9.53 Å². The summed E-state index contributed by atoms with van der Waals surface area (Å²) < 4.78 is 5.25. The van der Waals surface area contributed by atoms with Gasteiger partial charge in [-0.2, -0.15) is 5.21 Å². The SMILES string of the molecule is CCCC(NC(=O)Cc1ccccc1OC)c1nn[nH]n1. The number of nitrogens with one attached hydrogen (secondary N) is 2. The fraction of sp³-hybridized carbons (Fsp3) is 0.429. The number of benzene rings is 1. The van der Waals surface area contributed by atoms with Gasteiger partial charge in [0.2, 0.25) is 5.91 Å². The number of aromatic nitrogens is 4. The number of rotatable bonds is 7. The van der Waals surface area contributed by atoms with E-state index in [9.17, 15) is 4.79 Å². The topological polar surface area (TPSA) is 92.8 Å². The molecule has 1 amide bonds. The molecule has 1 unspecified atom stereocenters. The van der Waals surface area contributed by atoms with E-state index < -0.39 is 0 Å². The zero-order valence-corrected chi connectivity index (χ0v) is 12.2. The number of H-pyrrole nitrogens is 1. The summed E-state index contributed by atoms with van der Waals surface area (Å²) >= 11 is 0. The van der Waals surface area contributed by atoms with Crippen molar-refractivity contribution in [3.05, 3.63) is 35.7 Å². The molecular weight excluding hydrogens is 270 g/mol. The molecule has 0 spiro atoms. The average molecular weight is 289 g/mol. The zero-order valence-electron chi connectivity index (χ0n) is 12.2. The van der Waals surface area contributed by atoms with Crippen LogP contribution < -0.4 is 10.1 Å². The summed E-state index contributed by atoms with van der Waals surface area (Å²) in [5, 5.41) is 16.8. The largest absolute Gasteiger partial charge is 0.496 e. The van der Waals surface area contributed by atoms with Gasteiger partial charge in [-0.1, -0.05) is 36.8 Å². The fourth-order valence-corrected chi connectivity index (χ4v) is 2.14. The van der Waals surface area contributed by atoms with Crippen molar-refractivity contribution in [2.75, 3.05) is 7.11 Å². The number of hydrogen-bond donors (Lipinski definition) is 2. The fourth-order valence-electron chi connectivity index (χ4n) is 2.14. The third-order valence-corrected chi connectivity index (χ3v) is 3.13. The molecule has 0 saturated heterocycles. The molecule has 1 heterocycles. The van der Waals surface area contributed by atoms with Crippen LogP contribution in [0.1, 0.15) is 37.2 Å². The normalized spacial score (nSPS) is 11.9. The minimum absolute atomic E-state index is 0.0947. The molecule has 0 saturated carbocycles. The number of nitrogens with zero attached hydrogens (tertiary/aromatic N) is 3. The lowest BCUT2D eigenvalue weighted by atomic mass is 10.1. The number of methoxy groups -OCH3 is 1. The molecule has 0 radical (unpaired) electrons. The van der Waals surface area contributed by atoms with Crippen LogP contribution in [0.2, 0.25) is 0 Å². The van der Waals surface area contributed by atoms with Gasteiger partial charge >= 0.3 is 0 Å². The Kier molecular flexibility index (Phi) is 5.25. The van der Waals surface area contributed by atoms with Crippen molar-refractivity contribution >= 4 is 5.91 Å². The average Bonchev–Trinajstić information content (AvgIpc) is 3.01. The molecule has 0 aliphatic heterocycles. The van der Waals surface area contributed by atoms with E-state index in [0.717, 1.165) is 18.4 Å². The summed E-state index contributed by atoms with van der Waals surface area (Å²) in [6.07, 6.45) is 1.92. The first-order valence-electron chi connectivity index (χ1n) is 6.89. The molecule has 7 heteroatoms. The van der Waals surface area contributed by atoms with Crippen molar-refractivity contribution in [2.45, 2.75) is 32.2 Å². The van der Waals surface area contributed by atoms with Crippen LogP contribution in [0.4, 0.5) is 0 Å². The van der Waals surface area contributed by atoms with Crippen LogP contribution in [0.15, 0.2) is 24.3 Å². The van der Waals surface area contributed by atoms with Gasteiger partial charge in [-0.25, -0.2) is 0 Å². The Balaban J connectivity index is 2.02. The van der Waals surface area contributed by atoms with Crippen LogP contribution in [0.25, 0.3) is 0 Å². The van der Waals surface area contributed by atoms with E-state index in [-0.39, 0.29) is 18.4 Å². The lowest BCUT2D eigenvalue weighted by Gasteiger charge is -2.15. The summed E-state index contributed by atoms with van der Waals surface area (Å²) in [6, 6.07) is 7.25. The Bertz CT molecular complexity index is 571. The molecule has 7 nitrogen and oxygen atoms in total. The molecule has 21 heavy (non-hydrogen) atoms. The van der Waals surface area contributed by atoms with Gasteiger partial charge in [0.05, 0.1) is 19.6 Å². The number of carbonyl (C=O) groups is 1. The van der Waals surface area contributed by atoms with Crippen LogP contribution in [-0.4, -0.2) is 33.6 Å². The Morgan fingerprint density at radius 3 is 2.90 bits per heavy atom. The maximum Gasteiger partial charge on any atom is 0.225 e. The third-order valence-electron chi connectivity index (χ3n) is 3.13. The predicted molar refractivity (Wildman–Crippen MR) is 76.7 cm³/mol. The van der Waals surface area contributed by atoms with Gasteiger partial charge in [0.1, 0.15) is 5.75 Å². The number of hydrogen-bond acceptors (Lipinski definition) is 5. The Labute approximate surface area is 123 Å². The van der Waals surface area contributed by atoms with Crippen molar-refractivity contribution in [3.8, 4) is 5.75 Å². The third kappa shape index (κ3) is 4.01. The second kappa shape index (κ2) is 7.37. The number of amides is 1. The van der Waals surface area contributed by atoms with Crippen LogP contribution in [0.3, 0.4) is 0 Å². The predicted octanol–water partition coefficient (Wildman–Crippen LogP) is 1.41. The highest BCUT2D eigenvalue weighted by Crippen LogP contribution is 2.19. The Hall–Kier alpha value is -2.44. The summed E-state index contributed by atoms with van der Waals surface area (Å²) in [4.78, 5) is 12.2. The minimum atomic E-state index is -0.226. The molecule has 1 aromatic carbocycles.